The number of hydrogen-bond acceptors (Lipinski definition) is 3. The molecule has 1 amide bonds. The number of carbonyl (C=O) groups is 1. The van der Waals surface area contributed by atoms with Crippen molar-refractivity contribution in [3.05, 3.63) is 53.4 Å². The van der Waals surface area contributed by atoms with Gasteiger partial charge in [0, 0.05) is 10.9 Å². The van der Waals surface area contributed by atoms with Crippen LogP contribution < -0.4 is 5.32 Å². The number of amides is 1. The molecule has 1 aromatic carbocycles. The molecule has 0 aliphatic heterocycles. The second kappa shape index (κ2) is 4.62. The van der Waals surface area contributed by atoms with Crippen LogP contribution in [0.1, 0.15) is 15.4 Å². The lowest BCUT2D eigenvalue weighted by atomic mass is 10.2. The van der Waals surface area contributed by atoms with E-state index < -0.39 is 0 Å². The van der Waals surface area contributed by atoms with Gasteiger partial charge >= 0.3 is 0 Å². The summed E-state index contributed by atoms with van der Waals surface area (Å²) >= 11 is 1.50. The van der Waals surface area contributed by atoms with E-state index in [2.05, 4.69) is 15.3 Å². The number of fused-ring (bicyclic) bond motifs is 1. The Morgan fingerprint density at radius 2 is 2.28 bits per heavy atom. The van der Waals surface area contributed by atoms with Gasteiger partial charge in [-0.3, -0.25) is 4.79 Å². The van der Waals surface area contributed by atoms with E-state index in [9.17, 15) is 4.79 Å². The van der Waals surface area contributed by atoms with Crippen LogP contribution in [0, 0.1) is 0 Å². The van der Waals surface area contributed by atoms with Crippen molar-refractivity contribution >= 4 is 27.3 Å². The zero-order chi connectivity index (χ0) is 12.4. The molecule has 0 radical (unpaired) electrons. The van der Waals surface area contributed by atoms with Gasteiger partial charge in [0.2, 0.25) is 0 Å². The number of rotatable bonds is 3. The standard InChI is InChI=1S/C13H11N3OS/c17-13(15-7-10-6-14-8-16-10)12-5-9-3-1-2-4-11(9)18-12/h1-6,8H,7H2,(H,14,16)(H,15,17). The zero-order valence-corrected chi connectivity index (χ0v) is 10.3. The average molecular weight is 257 g/mol. The van der Waals surface area contributed by atoms with E-state index in [1.807, 2.05) is 30.3 Å². The highest BCUT2D eigenvalue weighted by molar-refractivity contribution is 7.20. The Kier molecular flexibility index (Phi) is 2.82. The van der Waals surface area contributed by atoms with Crippen molar-refractivity contribution in [2.24, 2.45) is 0 Å². The lowest BCUT2D eigenvalue weighted by Gasteiger charge is -2.00. The summed E-state index contributed by atoms with van der Waals surface area (Å²) in [6, 6.07) is 9.90. The molecule has 0 bridgehead atoms. The van der Waals surface area contributed by atoms with Crippen LogP contribution in [0.5, 0.6) is 0 Å². The van der Waals surface area contributed by atoms with Gasteiger partial charge in [0.25, 0.3) is 5.91 Å². The number of nitrogens with zero attached hydrogens (tertiary/aromatic N) is 1. The molecule has 2 aromatic heterocycles. The Morgan fingerprint density at radius 3 is 3.06 bits per heavy atom. The second-order valence-corrected chi connectivity index (χ2v) is 4.99. The Bertz CT molecular complexity index is 639. The van der Waals surface area contributed by atoms with Gasteiger partial charge in [-0.2, -0.15) is 0 Å². The van der Waals surface area contributed by atoms with Gasteiger partial charge in [-0.25, -0.2) is 4.98 Å². The summed E-state index contributed by atoms with van der Waals surface area (Å²) < 4.78 is 1.13. The first kappa shape index (κ1) is 11.0. The molecule has 0 saturated heterocycles. The SMILES string of the molecule is O=C(NCc1cnc[nH]1)c1cc2ccccc2s1. The predicted octanol–water partition coefficient (Wildman–Crippen LogP) is 2.55. The van der Waals surface area contributed by atoms with Crippen molar-refractivity contribution in [3.8, 4) is 0 Å². The number of H-pyrrole nitrogens is 1. The van der Waals surface area contributed by atoms with Crippen LogP contribution in [-0.4, -0.2) is 15.9 Å². The first-order valence-electron chi connectivity index (χ1n) is 5.57. The van der Waals surface area contributed by atoms with Crippen LogP contribution >= 0.6 is 11.3 Å². The number of hydrogen-bond donors (Lipinski definition) is 2. The van der Waals surface area contributed by atoms with Crippen molar-refractivity contribution < 1.29 is 4.79 Å². The molecule has 0 spiro atoms. The zero-order valence-electron chi connectivity index (χ0n) is 9.51. The molecule has 5 heteroatoms. The van der Waals surface area contributed by atoms with Gasteiger partial charge in [0.05, 0.1) is 23.4 Å². The number of nitrogens with one attached hydrogen (secondary N) is 2. The Balaban J connectivity index is 1.75. The minimum atomic E-state index is -0.0502. The van der Waals surface area contributed by atoms with Crippen LogP contribution in [0.2, 0.25) is 0 Å². The summed E-state index contributed by atoms with van der Waals surface area (Å²) in [5, 5.41) is 3.97. The maximum atomic E-state index is 12.0. The minimum absolute atomic E-state index is 0.0502. The first-order valence-corrected chi connectivity index (χ1v) is 6.38. The number of imidazole rings is 1. The average Bonchev–Trinajstić information content (AvgIpc) is 3.04. The lowest BCUT2D eigenvalue weighted by molar-refractivity contribution is 0.0954. The molecule has 3 rings (SSSR count). The second-order valence-electron chi connectivity index (χ2n) is 3.91. The molecule has 0 aliphatic carbocycles. The number of carbonyl (C=O) groups excluding carboxylic acids is 1. The maximum Gasteiger partial charge on any atom is 0.261 e. The van der Waals surface area contributed by atoms with Crippen LogP contribution in [0.3, 0.4) is 0 Å². The molecule has 2 heterocycles. The van der Waals surface area contributed by atoms with Crippen molar-refractivity contribution in [2.45, 2.75) is 6.54 Å². The molecule has 2 N–H and O–H groups in total. The van der Waals surface area contributed by atoms with E-state index >= 15 is 0 Å². The summed E-state index contributed by atoms with van der Waals surface area (Å²) in [6.07, 6.45) is 3.30. The van der Waals surface area contributed by atoms with Crippen LogP contribution in [-0.2, 0) is 6.54 Å². The van der Waals surface area contributed by atoms with Crippen molar-refractivity contribution in [2.75, 3.05) is 0 Å². The molecule has 0 aliphatic rings. The van der Waals surface area contributed by atoms with Gasteiger partial charge in [0.15, 0.2) is 0 Å². The van der Waals surface area contributed by atoms with E-state index in [4.69, 9.17) is 0 Å². The van der Waals surface area contributed by atoms with Gasteiger partial charge < -0.3 is 10.3 Å². The van der Waals surface area contributed by atoms with E-state index in [1.54, 1.807) is 12.5 Å². The quantitative estimate of drug-likeness (QED) is 0.757. The highest BCUT2D eigenvalue weighted by atomic mass is 32.1. The molecule has 0 atom stereocenters. The monoisotopic (exact) mass is 257 g/mol. The maximum absolute atomic E-state index is 12.0. The fraction of sp³-hybridized carbons (Fsp3) is 0.0769. The van der Waals surface area contributed by atoms with E-state index in [0.717, 1.165) is 20.7 Å². The minimum Gasteiger partial charge on any atom is -0.347 e. The van der Waals surface area contributed by atoms with Crippen LogP contribution in [0.25, 0.3) is 10.1 Å². The lowest BCUT2D eigenvalue weighted by Crippen LogP contribution is -2.21. The Hall–Kier alpha value is -2.14. The summed E-state index contributed by atoms with van der Waals surface area (Å²) in [5.74, 6) is -0.0502. The smallest absolute Gasteiger partial charge is 0.261 e. The van der Waals surface area contributed by atoms with E-state index in [-0.39, 0.29) is 5.91 Å². The molecule has 0 fully saturated rings. The van der Waals surface area contributed by atoms with Crippen molar-refractivity contribution in [1.82, 2.24) is 15.3 Å². The molecular weight excluding hydrogens is 246 g/mol. The largest absolute Gasteiger partial charge is 0.347 e. The van der Waals surface area contributed by atoms with Gasteiger partial charge in [0.1, 0.15) is 0 Å². The molecule has 3 aromatic rings. The fourth-order valence-electron chi connectivity index (χ4n) is 1.74. The van der Waals surface area contributed by atoms with Gasteiger partial charge in [-0.1, -0.05) is 18.2 Å². The summed E-state index contributed by atoms with van der Waals surface area (Å²) in [4.78, 5) is 19.6. The summed E-state index contributed by atoms with van der Waals surface area (Å²) in [6.45, 7) is 0.465. The van der Waals surface area contributed by atoms with Crippen molar-refractivity contribution in [1.29, 1.82) is 0 Å². The third-order valence-corrected chi connectivity index (χ3v) is 3.76. The first-order chi connectivity index (χ1) is 8.83. The highest BCUT2D eigenvalue weighted by Crippen LogP contribution is 2.24. The summed E-state index contributed by atoms with van der Waals surface area (Å²) in [5.41, 5.74) is 0.893. The fourth-order valence-corrected chi connectivity index (χ4v) is 2.72. The third kappa shape index (κ3) is 2.12. The number of aromatic nitrogens is 2. The van der Waals surface area contributed by atoms with E-state index in [0.29, 0.717) is 6.54 Å². The number of thiophene rings is 1. The number of aromatic amines is 1. The van der Waals surface area contributed by atoms with Gasteiger partial charge in [-0.05, 0) is 17.5 Å². The Labute approximate surface area is 108 Å². The van der Waals surface area contributed by atoms with Crippen LogP contribution in [0.15, 0.2) is 42.9 Å². The molecule has 4 nitrogen and oxygen atoms in total. The molecule has 90 valence electrons. The van der Waals surface area contributed by atoms with Gasteiger partial charge in [-0.15, -0.1) is 11.3 Å². The summed E-state index contributed by atoms with van der Waals surface area (Å²) in [7, 11) is 0. The van der Waals surface area contributed by atoms with Crippen LogP contribution in [0.4, 0.5) is 0 Å². The topological polar surface area (TPSA) is 57.8 Å². The molecule has 0 saturated carbocycles. The normalized spacial score (nSPS) is 10.7. The molecular formula is C13H11N3OS. The van der Waals surface area contributed by atoms with E-state index in [1.165, 1.54) is 11.3 Å². The molecule has 18 heavy (non-hydrogen) atoms. The predicted molar refractivity (Wildman–Crippen MR) is 71.6 cm³/mol. The highest BCUT2D eigenvalue weighted by Gasteiger charge is 2.09. The Morgan fingerprint density at radius 1 is 1.39 bits per heavy atom. The van der Waals surface area contributed by atoms with Crippen molar-refractivity contribution in [3.63, 3.8) is 0 Å². The number of benzene rings is 1. The molecule has 0 unspecified atom stereocenters. The third-order valence-electron chi connectivity index (χ3n) is 2.64.